The minimum atomic E-state index is 0.703. The molecule has 1 aromatic rings. The molecule has 0 fully saturated rings. The molecule has 3 nitrogen and oxygen atoms in total. The molecule has 0 saturated carbocycles. The van der Waals surface area contributed by atoms with Crippen LogP contribution in [0.15, 0.2) is 12.5 Å². The fourth-order valence-corrected chi connectivity index (χ4v) is 1.69. The summed E-state index contributed by atoms with van der Waals surface area (Å²) in [7, 11) is 0. The SMILES string of the molecule is CCNCCCn1cncc1CC(C)C. The number of hydrogen-bond donors (Lipinski definition) is 1. The standard InChI is InChI=1S/C12H23N3/c1-4-13-6-5-7-15-10-14-9-12(15)8-11(2)3/h9-11,13H,4-8H2,1-3H3. The molecule has 0 radical (unpaired) electrons. The molecule has 0 aliphatic rings. The molecule has 1 heterocycles. The zero-order chi connectivity index (χ0) is 11.1. The van der Waals surface area contributed by atoms with Gasteiger partial charge in [0.2, 0.25) is 0 Å². The molecule has 0 aliphatic carbocycles. The van der Waals surface area contributed by atoms with Crippen LogP contribution in [-0.4, -0.2) is 22.6 Å². The Morgan fingerprint density at radius 3 is 2.93 bits per heavy atom. The lowest BCUT2D eigenvalue weighted by molar-refractivity contribution is 0.551. The first-order chi connectivity index (χ1) is 7.24. The van der Waals surface area contributed by atoms with Crippen molar-refractivity contribution in [1.29, 1.82) is 0 Å². The van der Waals surface area contributed by atoms with Gasteiger partial charge in [0.25, 0.3) is 0 Å². The Balaban J connectivity index is 2.36. The lowest BCUT2D eigenvalue weighted by Crippen LogP contribution is -2.16. The number of rotatable bonds is 7. The third-order valence-electron chi connectivity index (χ3n) is 2.42. The van der Waals surface area contributed by atoms with Gasteiger partial charge in [0, 0.05) is 18.4 Å². The zero-order valence-corrected chi connectivity index (χ0v) is 10.2. The molecule has 0 aliphatic heterocycles. The van der Waals surface area contributed by atoms with E-state index in [2.05, 4.69) is 35.6 Å². The maximum atomic E-state index is 4.22. The monoisotopic (exact) mass is 209 g/mol. The molecular formula is C12H23N3. The van der Waals surface area contributed by atoms with Gasteiger partial charge in [0.1, 0.15) is 0 Å². The van der Waals surface area contributed by atoms with Crippen molar-refractivity contribution >= 4 is 0 Å². The lowest BCUT2D eigenvalue weighted by Gasteiger charge is -2.09. The maximum Gasteiger partial charge on any atom is 0.0948 e. The van der Waals surface area contributed by atoms with Crippen LogP contribution in [0.1, 0.15) is 32.9 Å². The molecule has 0 spiro atoms. The van der Waals surface area contributed by atoms with Crippen molar-refractivity contribution in [3.63, 3.8) is 0 Å². The Morgan fingerprint density at radius 1 is 1.47 bits per heavy atom. The van der Waals surface area contributed by atoms with Crippen molar-refractivity contribution in [2.75, 3.05) is 13.1 Å². The van der Waals surface area contributed by atoms with E-state index in [1.165, 1.54) is 12.1 Å². The Bertz CT molecular complexity index is 266. The normalized spacial score (nSPS) is 11.2. The Hall–Kier alpha value is -0.830. The molecule has 1 aromatic heterocycles. The van der Waals surface area contributed by atoms with Gasteiger partial charge in [0.15, 0.2) is 0 Å². The van der Waals surface area contributed by atoms with E-state index in [1.807, 2.05) is 12.5 Å². The molecule has 3 heteroatoms. The number of nitrogens with one attached hydrogen (secondary N) is 1. The maximum absolute atomic E-state index is 4.22. The Kier molecular flexibility index (Phi) is 5.40. The van der Waals surface area contributed by atoms with E-state index in [9.17, 15) is 0 Å². The van der Waals surface area contributed by atoms with Gasteiger partial charge in [-0.1, -0.05) is 20.8 Å². The predicted octanol–water partition coefficient (Wildman–Crippen LogP) is 2.08. The molecule has 0 atom stereocenters. The highest BCUT2D eigenvalue weighted by molar-refractivity contribution is 4.99. The minimum absolute atomic E-state index is 0.703. The van der Waals surface area contributed by atoms with Crippen LogP contribution in [0.4, 0.5) is 0 Å². The third kappa shape index (κ3) is 4.47. The highest BCUT2D eigenvalue weighted by Gasteiger charge is 2.03. The third-order valence-corrected chi connectivity index (χ3v) is 2.42. The molecular weight excluding hydrogens is 186 g/mol. The summed E-state index contributed by atoms with van der Waals surface area (Å²) in [4.78, 5) is 4.22. The molecule has 1 N–H and O–H groups in total. The Labute approximate surface area is 92.9 Å². The molecule has 0 saturated heterocycles. The van der Waals surface area contributed by atoms with Crippen molar-refractivity contribution in [2.24, 2.45) is 5.92 Å². The van der Waals surface area contributed by atoms with Crippen LogP contribution in [0.5, 0.6) is 0 Å². The van der Waals surface area contributed by atoms with Gasteiger partial charge < -0.3 is 9.88 Å². The summed E-state index contributed by atoms with van der Waals surface area (Å²) in [5, 5.41) is 3.34. The van der Waals surface area contributed by atoms with Gasteiger partial charge in [-0.15, -0.1) is 0 Å². The largest absolute Gasteiger partial charge is 0.335 e. The van der Waals surface area contributed by atoms with E-state index in [0.29, 0.717) is 5.92 Å². The van der Waals surface area contributed by atoms with Crippen molar-refractivity contribution in [2.45, 2.75) is 40.2 Å². The van der Waals surface area contributed by atoms with Crippen LogP contribution in [0.25, 0.3) is 0 Å². The van der Waals surface area contributed by atoms with E-state index >= 15 is 0 Å². The molecule has 86 valence electrons. The second kappa shape index (κ2) is 6.62. The van der Waals surface area contributed by atoms with E-state index in [1.54, 1.807) is 0 Å². The lowest BCUT2D eigenvalue weighted by atomic mass is 10.1. The summed E-state index contributed by atoms with van der Waals surface area (Å²) in [5.41, 5.74) is 1.36. The van der Waals surface area contributed by atoms with Crippen molar-refractivity contribution in [1.82, 2.24) is 14.9 Å². The summed E-state index contributed by atoms with van der Waals surface area (Å²) in [6, 6.07) is 0. The van der Waals surface area contributed by atoms with Crippen LogP contribution in [0, 0.1) is 5.92 Å². The van der Waals surface area contributed by atoms with Crippen LogP contribution in [0.3, 0.4) is 0 Å². The zero-order valence-electron chi connectivity index (χ0n) is 10.2. The van der Waals surface area contributed by atoms with Crippen LogP contribution in [-0.2, 0) is 13.0 Å². The van der Waals surface area contributed by atoms with E-state index in [0.717, 1.165) is 26.1 Å². The first-order valence-corrected chi connectivity index (χ1v) is 5.93. The molecule has 0 amide bonds. The van der Waals surface area contributed by atoms with Crippen LogP contribution < -0.4 is 5.32 Å². The van der Waals surface area contributed by atoms with Gasteiger partial charge in [-0.25, -0.2) is 4.98 Å². The van der Waals surface area contributed by atoms with Crippen molar-refractivity contribution in [3.05, 3.63) is 18.2 Å². The summed E-state index contributed by atoms with van der Waals surface area (Å²) in [6.07, 6.45) is 6.24. The number of imidazole rings is 1. The van der Waals surface area contributed by atoms with Crippen molar-refractivity contribution in [3.8, 4) is 0 Å². The van der Waals surface area contributed by atoms with Gasteiger partial charge in [-0.3, -0.25) is 0 Å². The van der Waals surface area contributed by atoms with Crippen LogP contribution >= 0.6 is 0 Å². The number of hydrogen-bond acceptors (Lipinski definition) is 2. The number of aryl methyl sites for hydroxylation is 1. The van der Waals surface area contributed by atoms with E-state index < -0.39 is 0 Å². The molecule has 0 aromatic carbocycles. The second-order valence-corrected chi connectivity index (χ2v) is 4.38. The number of nitrogens with zero attached hydrogens (tertiary/aromatic N) is 2. The average Bonchev–Trinajstić information content (AvgIpc) is 2.59. The van der Waals surface area contributed by atoms with Gasteiger partial charge in [-0.2, -0.15) is 0 Å². The fraction of sp³-hybridized carbons (Fsp3) is 0.750. The summed E-state index contributed by atoms with van der Waals surface area (Å²) < 4.78 is 2.28. The first kappa shape index (κ1) is 12.2. The van der Waals surface area contributed by atoms with Crippen molar-refractivity contribution < 1.29 is 0 Å². The first-order valence-electron chi connectivity index (χ1n) is 5.93. The highest BCUT2D eigenvalue weighted by Crippen LogP contribution is 2.07. The van der Waals surface area contributed by atoms with Crippen LogP contribution in [0.2, 0.25) is 0 Å². The molecule has 1 rings (SSSR count). The summed E-state index contributed by atoms with van der Waals surface area (Å²) >= 11 is 0. The summed E-state index contributed by atoms with van der Waals surface area (Å²) in [5.74, 6) is 0.703. The smallest absolute Gasteiger partial charge is 0.0948 e. The van der Waals surface area contributed by atoms with E-state index in [-0.39, 0.29) is 0 Å². The summed E-state index contributed by atoms with van der Waals surface area (Å²) in [6.45, 7) is 9.86. The minimum Gasteiger partial charge on any atom is -0.335 e. The topological polar surface area (TPSA) is 29.9 Å². The average molecular weight is 209 g/mol. The molecule has 15 heavy (non-hydrogen) atoms. The van der Waals surface area contributed by atoms with Gasteiger partial charge in [-0.05, 0) is 31.8 Å². The number of aromatic nitrogens is 2. The predicted molar refractivity (Wildman–Crippen MR) is 63.9 cm³/mol. The highest BCUT2D eigenvalue weighted by atomic mass is 15.0. The molecule has 0 unspecified atom stereocenters. The van der Waals surface area contributed by atoms with E-state index in [4.69, 9.17) is 0 Å². The quantitative estimate of drug-likeness (QED) is 0.697. The Morgan fingerprint density at radius 2 is 2.27 bits per heavy atom. The fourth-order valence-electron chi connectivity index (χ4n) is 1.69. The van der Waals surface area contributed by atoms with Gasteiger partial charge in [0.05, 0.1) is 6.33 Å². The molecule has 0 bridgehead atoms. The van der Waals surface area contributed by atoms with Gasteiger partial charge >= 0.3 is 0 Å². The second-order valence-electron chi connectivity index (χ2n) is 4.38.